The summed E-state index contributed by atoms with van der Waals surface area (Å²) < 4.78 is 2.20. The Morgan fingerprint density at radius 1 is 1.48 bits per heavy atom. The third-order valence-corrected chi connectivity index (χ3v) is 4.55. The van der Waals surface area contributed by atoms with E-state index in [2.05, 4.69) is 30.7 Å². The van der Waals surface area contributed by atoms with Crippen LogP contribution in [0.3, 0.4) is 0 Å². The highest BCUT2D eigenvalue weighted by Crippen LogP contribution is 2.39. The van der Waals surface area contributed by atoms with Gasteiger partial charge in [0.2, 0.25) is 0 Å². The number of hydrogen-bond acceptors (Lipinski definition) is 2. The first kappa shape index (κ1) is 18.1. The lowest BCUT2D eigenvalue weighted by molar-refractivity contribution is 0.0897. The Labute approximate surface area is 133 Å². The molecule has 0 bridgehead atoms. The normalized spacial score (nSPS) is 17.3. The molecule has 1 amide bonds. The van der Waals surface area contributed by atoms with Gasteiger partial charge in [0.15, 0.2) is 0 Å². The average molecular weight is 314 g/mol. The second-order valence-corrected chi connectivity index (χ2v) is 6.60. The predicted octanol–water partition coefficient (Wildman–Crippen LogP) is 2.96. The largest absolute Gasteiger partial charge is 0.346 e. The Hall–Kier alpha value is -1.000. The van der Waals surface area contributed by atoms with Gasteiger partial charge in [0.25, 0.3) is 5.91 Å². The number of nitrogens with zero attached hydrogens (tertiary/aromatic N) is 1. The van der Waals surface area contributed by atoms with Crippen molar-refractivity contribution in [2.24, 2.45) is 11.7 Å². The Morgan fingerprint density at radius 2 is 2.05 bits per heavy atom. The second kappa shape index (κ2) is 6.41. The van der Waals surface area contributed by atoms with Crippen LogP contribution in [0.5, 0.6) is 0 Å². The number of carbonyl (C=O) groups excluding carboxylic acids is 1. The predicted molar refractivity (Wildman–Crippen MR) is 89.2 cm³/mol. The summed E-state index contributed by atoms with van der Waals surface area (Å²) in [5.41, 5.74) is 8.54. The van der Waals surface area contributed by atoms with E-state index < -0.39 is 0 Å². The highest BCUT2D eigenvalue weighted by molar-refractivity contribution is 5.96. The highest BCUT2D eigenvalue weighted by Gasteiger charge is 2.41. The van der Waals surface area contributed by atoms with Crippen LogP contribution in [0.15, 0.2) is 6.07 Å². The molecule has 21 heavy (non-hydrogen) atoms. The SMILES string of the molecule is Cc1cc(C(=O)NC(C)(CN)C2CC2)c(C)n1C(C)C.Cl. The summed E-state index contributed by atoms with van der Waals surface area (Å²) in [6.45, 7) is 10.9. The van der Waals surface area contributed by atoms with Crippen molar-refractivity contribution in [3.8, 4) is 0 Å². The molecular formula is C16H28ClN3O. The van der Waals surface area contributed by atoms with E-state index in [1.54, 1.807) is 0 Å². The van der Waals surface area contributed by atoms with Crippen molar-refractivity contribution in [2.45, 2.75) is 59.0 Å². The molecule has 0 aliphatic heterocycles. The Balaban J connectivity index is 0.00000220. The first-order valence-electron chi connectivity index (χ1n) is 7.51. The van der Waals surface area contributed by atoms with Crippen LogP contribution in [0.25, 0.3) is 0 Å². The van der Waals surface area contributed by atoms with Crippen molar-refractivity contribution >= 4 is 18.3 Å². The maximum Gasteiger partial charge on any atom is 0.253 e. The smallest absolute Gasteiger partial charge is 0.253 e. The average Bonchev–Trinajstić information content (AvgIpc) is 3.15. The molecule has 1 aromatic rings. The highest BCUT2D eigenvalue weighted by atomic mass is 35.5. The van der Waals surface area contributed by atoms with Crippen LogP contribution in [-0.4, -0.2) is 22.6 Å². The zero-order valence-electron chi connectivity index (χ0n) is 13.7. The van der Waals surface area contributed by atoms with Gasteiger partial charge in [-0.05, 0) is 59.4 Å². The molecule has 1 heterocycles. The molecule has 1 aliphatic carbocycles. The van der Waals surface area contributed by atoms with Crippen LogP contribution < -0.4 is 11.1 Å². The van der Waals surface area contributed by atoms with Crippen LogP contribution in [0, 0.1) is 19.8 Å². The Morgan fingerprint density at radius 3 is 2.43 bits per heavy atom. The van der Waals surface area contributed by atoms with Gasteiger partial charge in [0, 0.05) is 24.0 Å². The van der Waals surface area contributed by atoms with E-state index in [0.29, 0.717) is 18.5 Å². The van der Waals surface area contributed by atoms with E-state index in [4.69, 9.17) is 5.73 Å². The Kier molecular flexibility index (Phi) is 5.51. The van der Waals surface area contributed by atoms with E-state index in [9.17, 15) is 4.79 Å². The quantitative estimate of drug-likeness (QED) is 0.878. The fourth-order valence-corrected chi connectivity index (χ4v) is 3.17. The lowest BCUT2D eigenvalue weighted by atomic mass is 9.95. The monoisotopic (exact) mass is 313 g/mol. The minimum Gasteiger partial charge on any atom is -0.346 e. The van der Waals surface area contributed by atoms with Gasteiger partial charge < -0.3 is 15.6 Å². The summed E-state index contributed by atoms with van der Waals surface area (Å²) >= 11 is 0. The van der Waals surface area contributed by atoms with E-state index >= 15 is 0 Å². The molecule has 0 spiro atoms. The second-order valence-electron chi connectivity index (χ2n) is 6.60. The number of nitrogens with one attached hydrogen (secondary N) is 1. The molecule has 5 heteroatoms. The number of rotatable bonds is 5. The van der Waals surface area contributed by atoms with Gasteiger partial charge in [0.05, 0.1) is 11.1 Å². The van der Waals surface area contributed by atoms with Gasteiger partial charge >= 0.3 is 0 Å². The lowest BCUT2D eigenvalue weighted by Crippen LogP contribution is -2.53. The summed E-state index contributed by atoms with van der Waals surface area (Å²) in [5, 5.41) is 3.16. The van der Waals surface area contributed by atoms with Crippen molar-refractivity contribution in [1.82, 2.24) is 9.88 Å². The fourth-order valence-electron chi connectivity index (χ4n) is 3.17. The van der Waals surface area contributed by atoms with Gasteiger partial charge in [-0.2, -0.15) is 0 Å². The summed E-state index contributed by atoms with van der Waals surface area (Å²) in [6.07, 6.45) is 2.33. The lowest BCUT2D eigenvalue weighted by Gasteiger charge is -2.29. The van der Waals surface area contributed by atoms with Crippen molar-refractivity contribution in [1.29, 1.82) is 0 Å². The van der Waals surface area contributed by atoms with Gasteiger partial charge in [-0.1, -0.05) is 0 Å². The molecule has 3 N–H and O–H groups in total. The number of nitrogens with two attached hydrogens (primary N) is 1. The van der Waals surface area contributed by atoms with E-state index in [-0.39, 0.29) is 23.9 Å². The molecule has 1 saturated carbocycles. The number of carbonyl (C=O) groups is 1. The van der Waals surface area contributed by atoms with Crippen molar-refractivity contribution < 1.29 is 4.79 Å². The third kappa shape index (κ3) is 3.43. The molecule has 2 rings (SSSR count). The van der Waals surface area contributed by atoms with E-state index in [0.717, 1.165) is 17.0 Å². The molecule has 1 fully saturated rings. The molecule has 0 radical (unpaired) electrons. The maximum atomic E-state index is 12.6. The summed E-state index contributed by atoms with van der Waals surface area (Å²) in [4.78, 5) is 12.6. The first-order valence-corrected chi connectivity index (χ1v) is 7.51. The maximum absolute atomic E-state index is 12.6. The van der Waals surface area contributed by atoms with Crippen LogP contribution in [-0.2, 0) is 0 Å². The zero-order chi connectivity index (χ0) is 15.1. The van der Waals surface area contributed by atoms with Crippen LogP contribution >= 0.6 is 12.4 Å². The topological polar surface area (TPSA) is 60.1 Å². The first-order chi connectivity index (χ1) is 9.30. The molecule has 4 nitrogen and oxygen atoms in total. The summed E-state index contributed by atoms with van der Waals surface area (Å²) in [6, 6.07) is 2.34. The van der Waals surface area contributed by atoms with Gasteiger partial charge in [-0.15, -0.1) is 12.4 Å². The van der Waals surface area contributed by atoms with Crippen LogP contribution in [0.4, 0.5) is 0 Å². The molecular weight excluding hydrogens is 286 g/mol. The fraction of sp³-hybridized carbons (Fsp3) is 0.688. The summed E-state index contributed by atoms with van der Waals surface area (Å²) in [5.74, 6) is 0.537. The van der Waals surface area contributed by atoms with Crippen molar-refractivity contribution in [3.05, 3.63) is 23.0 Å². The van der Waals surface area contributed by atoms with Gasteiger partial charge in [-0.3, -0.25) is 4.79 Å². The van der Waals surface area contributed by atoms with Gasteiger partial charge in [-0.25, -0.2) is 0 Å². The van der Waals surface area contributed by atoms with Crippen molar-refractivity contribution in [2.75, 3.05) is 6.54 Å². The number of amides is 1. The molecule has 1 aliphatic rings. The molecule has 1 unspecified atom stereocenters. The standard InChI is InChI=1S/C16H27N3O.ClH/c1-10(2)19-11(3)8-14(12(19)4)15(20)18-16(5,9-17)13-6-7-13;/h8,10,13H,6-7,9,17H2,1-5H3,(H,18,20);1H. The molecule has 0 aromatic carbocycles. The van der Waals surface area contributed by atoms with Gasteiger partial charge in [0.1, 0.15) is 0 Å². The molecule has 0 saturated heterocycles. The van der Waals surface area contributed by atoms with E-state index in [1.807, 2.05) is 19.9 Å². The minimum atomic E-state index is -0.267. The number of aryl methyl sites for hydroxylation is 1. The number of halogens is 1. The van der Waals surface area contributed by atoms with E-state index in [1.165, 1.54) is 12.8 Å². The van der Waals surface area contributed by atoms with Crippen LogP contribution in [0.2, 0.25) is 0 Å². The molecule has 1 aromatic heterocycles. The Bertz CT molecular complexity index is 520. The summed E-state index contributed by atoms with van der Waals surface area (Å²) in [7, 11) is 0. The van der Waals surface area contributed by atoms with Crippen molar-refractivity contribution in [3.63, 3.8) is 0 Å². The van der Waals surface area contributed by atoms with Crippen LogP contribution in [0.1, 0.15) is 61.4 Å². The number of hydrogen-bond donors (Lipinski definition) is 2. The molecule has 1 atom stereocenters. The molecule has 120 valence electrons. The zero-order valence-corrected chi connectivity index (χ0v) is 14.5. The minimum absolute atomic E-state index is 0. The number of aromatic nitrogens is 1. The third-order valence-electron chi connectivity index (χ3n) is 4.55.